The predicted molar refractivity (Wildman–Crippen MR) is 124 cm³/mol. The molecule has 6 nitrogen and oxygen atoms in total. The van der Waals surface area contributed by atoms with Crippen LogP contribution in [0.25, 0.3) is 0 Å². The maximum Gasteiger partial charge on any atom is 0.417 e. The van der Waals surface area contributed by atoms with Gasteiger partial charge in [0.25, 0.3) is 15.9 Å². The molecule has 34 heavy (non-hydrogen) atoms. The van der Waals surface area contributed by atoms with E-state index in [1.807, 2.05) is 6.92 Å². The standard InChI is InChI=1S/C24H22F3N3O3S/c1-17-12-13-22(18(2)14-17)30(34(32,33)20-9-4-3-5-10-20)16-23(31)29-28-15-19-8-6-7-11-21(19)24(25,26)27/h3-15H,16H2,1-2H3,(H,29,31)/b28-15+. The van der Waals surface area contributed by atoms with Crippen LogP contribution >= 0.6 is 0 Å². The van der Waals surface area contributed by atoms with Crippen LogP contribution in [0.1, 0.15) is 22.3 Å². The average Bonchev–Trinajstić information content (AvgIpc) is 2.78. The van der Waals surface area contributed by atoms with E-state index in [2.05, 4.69) is 10.5 Å². The highest BCUT2D eigenvalue weighted by Crippen LogP contribution is 2.31. The third-order valence-corrected chi connectivity index (χ3v) is 6.67. The molecular weight excluding hydrogens is 467 g/mol. The molecule has 0 fully saturated rings. The molecule has 0 saturated heterocycles. The number of nitrogens with one attached hydrogen (secondary N) is 1. The van der Waals surface area contributed by atoms with Gasteiger partial charge in [0.15, 0.2) is 0 Å². The summed E-state index contributed by atoms with van der Waals surface area (Å²) in [6.07, 6.45) is -3.72. The van der Waals surface area contributed by atoms with Gasteiger partial charge in [-0.2, -0.15) is 18.3 Å². The van der Waals surface area contributed by atoms with Gasteiger partial charge in [-0.25, -0.2) is 13.8 Å². The van der Waals surface area contributed by atoms with Crippen LogP contribution in [0.15, 0.2) is 82.8 Å². The van der Waals surface area contributed by atoms with Gasteiger partial charge in [0, 0.05) is 5.56 Å². The molecule has 0 unspecified atom stereocenters. The number of carbonyl (C=O) groups is 1. The van der Waals surface area contributed by atoms with Crippen LogP contribution in [0.5, 0.6) is 0 Å². The summed E-state index contributed by atoms with van der Waals surface area (Å²) in [5.41, 5.74) is 2.83. The lowest BCUT2D eigenvalue weighted by molar-refractivity contribution is -0.137. The lowest BCUT2D eigenvalue weighted by Gasteiger charge is -2.25. The van der Waals surface area contributed by atoms with E-state index >= 15 is 0 Å². The van der Waals surface area contributed by atoms with Gasteiger partial charge in [-0.05, 0) is 43.7 Å². The monoisotopic (exact) mass is 489 g/mol. The van der Waals surface area contributed by atoms with E-state index < -0.39 is 34.2 Å². The third kappa shape index (κ3) is 5.82. The largest absolute Gasteiger partial charge is 0.417 e. The molecule has 1 N–H and O–H groups in total. The lowest BCUT2D eigenvalue weighted by atomic mass is 10.1. The minimum Gasteiger partial charge on any atom is -0.271 e. The first-order chi connectivity index (χ1) is 16.0. The van der Waals surface area contributed by atoms with Crippen LogP contribution in [-0.2, 0) is 21.0 Å². The maximum atomic E-state index is 13.3. The minimum atomic E-state index is -4.59. The van der Waals surface area contributed by atoms with Crippen LogP contribution in [0.3, 0.4) is 0 Å². The van der Waals surface area contributed by atoms with E-state index in [9.17, 15) is 26.4 Å². The normalized spacial score (nSPS) is 12.0. The highest BCUT2D eigenvalue weighted by atomic mass is 32.2. The van der Waals surface area contributed by atoms with Gasteiger partial charge in [0.2, 0.25) is 0 Å². The SMILES string of the molecule is Cc1ccc(N(CC(=O)N/N=C/c2ccccc2C(F)(F)F)S(=O)(=O)c2ccccc2)c(C)c1. The summed E-state index contributed by atoms with van der Waals surface area (Å²) < 4.78 is 67.0. The third-order valence-electron chi connectivity index (χ3n) is 4.90. The van der Waals surface area contributed by atoms with Crippen molar-refractivity contribution in [2.24, 2.45) is 5.10 Å². The molecule has 10 heteroatoms. The Kier molecular flexibility index (Phi) is 7.41. The Morgan fingerprint density at radius 1 is 1.00 bits per heavy atom. The fourth-order valence-electron chi connectivity index (χ4n) is 3.31. The molecule has 3 aromatic rings. The molecule has 0 bridgehead atoms. The van der Waals surface area contributed by atoms with Crippen LogP contribution in [0.4, 0.5) is 18.9 Å². The van der Waals surface area contributed by atoms with E-state index in [0.717, 1.165) is 22.1 Å². The van der Waals surface area contributed by atoms with Crippen molar-refractivity contribution in [2.75, 3.05) is 10.8 Å². The second-order valence-electron chi connectivity index (χ2n) is 7.49. The summed E-state index contributed by atoms with van der Waals surface area (Å²) in [4.78, 5) is 12.6. The van der Waals surface area contributed by atoms with Crippen molar-refractivity contribution in [1.29, 1.82) is 0 Å². The summed E-state index contributed by atoms with van der Waals surface area (Å²) in [6.45, 7) is 2.95. The summed E-state index contributed by atoms with van der Waals surface area (Å²) >= 11 is 0. The highest BCUT2D eigenvalue weighted by Gasteiger charge is 2.32. The van der Waals surface area contributed by atoms with Gasteiger partial charge in [-0.15, -0.1) is 0 Å². The zero-order valence-electron chi connectivity index (χ0n) is 18.4. The van der Waals surface area contributed by atoms with Crippen molar-refractivity contribution in [1.82, 2.24) is 5.43 Å². The maximum absolute atomic E-state index is 13.3. The van der Waals surface area contributed by atoms with Crippen LogP contribution in [-0.4, -0.2) is 27.1 Å². The Bertz CT molecular complexity index is 1310. The number of nitrogens with zero attached hydrogens (tertiary/aromatic N) is 2. The molecule has 0 aliphatic heterocycles. The number of hydrogen-bond acceptors (Lipinski definition) is 4. The Balaban J connectivity index is 1.88. The number of alkyl halides is 3. The number of anilines is 1. The van der Waals surface area contributed by atoms with E-state index in [1.165, 1.54) is 30.3 Å². The number of amides is 1. The minimum absolute atomic E-state index is 0.00891. The number of rotatable bonds is 7. The summed E-state index contributed by atoms with van der Waals surface area (Å²) in [5.74, 6) is -0.819. The lowest BCUT2D eigenvalue weighted by Crippen LogP contribution is -2.40. The van der Waals surface area contributed by atoms with Gasteiger partial charge >= 0.3 is 6.18 Å². The van der Waals surface area contributed by atoms with Gasteiger partial charge < -0.3 is 0 Å². The van der Waals surface area contributed by atoms with Crippen LogP contribution < -0.4 is 9.73 Å². The van der Waals surface area contributed by atoms with Crippen molar-refractivity contribution in [3.63, 3.8) is 0 Å². The number of hydrazone groups is 1. The van der Waals surface area contributed by atoms with E-state index in [4.69, 9.17) is 0 Å². The topological polar surface area (TPSA) is 78.8 Å². The van der Waals surface area contributed by atoms with E-state index in [-0.39, 0.29) is 10.5 Å². The van der Waals surface area contributed by atoms with Crippen molar-refractivity contribution in [3.05, 3.63) is 95.1 Å². The molecule has 178 valence electrons. The Labute approximate surface area is 195 Å². The number of aryl methyl sites for hydroxylation is 2. The first-order valence-electron chi connectivity index (χ1n) is 10.1. The van der Waals surface area contributed by atoms with E-state index in [1.54, 1.807) is 43.3 Å². The molecule has 0 aliphatic carbocycles. The summed E-state index contributed by atoms with van der Waals surface area (Å²) in [6, 6.07) is 17.5. The second kappa shape index (κ2) is 10.1. The van der Waals surface area contributed by atoms with Gasteiger partial charge in [0.1, 0.15) is 6.54 Å². The quantitative estimate of drug-likeness (QED) is 0.387. The Morgan fingerprint density at radius 3 is 2.29 bits per heavy atom. The molecule has 0 aromatic heterocycles. The molecule has 0 heterocycles. The number of halogens is 3. The number of hydrogen-bond donors (Lipinski definition) is 1. The Hall–Kier alpha value is -3.66. The smallest absolute Gasteiger partial charge is 0.271 e. The van der Waals surface area contributed by atoms with Gasteiger partial charge in [0.05, 0.1) is 22.4 Å². The zero-order valence-corrected chi connectivity index (χ0v) is 19.2. The Morgan fingerprint density at radius 2 is 1.65 bits per heavy atom. The summed E-state index contributed by atoms with van der Waals surface area (Å²) in [7, 11) is -4.12. The average molecular weight is 490 g/mol. The molecule has 0 atom stereocenters. The van der Waals surface area contributed by atoms with Gasteiger partial charge in [-0.1, -0.05) is 54.1 Å². The molecule has 1 amide bonds. The van der Waals surface area contributed by atoms with Crippen LogP contribution in [0.2, 0.25) is 0 Å². The molecule has 0 spiro atoms. The second-order valence-corrected chi connectivity index (χ2v) is 9.36. The summed E-state index contributed by atoms with van der Waals surface area (Å²) in [5, 5.41) is 3.61. The van der Waals surface area contributed by atoms with Gasteiger partial charge in [-0.3, -0.25) is 9.10 Å². The number of carbonyl (C=O) groups excluding carboxylic acids is 1. The fraction of sp³-hybridized carbons (Fsp3) is 0.167. The zero-order chi connectivity index (χ0) is 24.9. The number of sulfonamides is 1. The predicted octanol–water partition coefficient (Wildman–Crippen LogP) is 4.67. The van der Waals surface area contributed by atoms with Crippen molar-refractivity contribution in [3.8, 4) is 0 Å². The molecule has 3 rings (SSSR count). The molecule has 0 radical (unpaired) electrons. The highest BCUT2D eigenvalue weighted by molar-refractivity contribution is 7.92. The first kappa shape index (κ1) is 25.0. The molecule has 3 aromatic carbocycles. The molecule has 0 aliphatic rings. The van der Waals surface area contributed by atoms with Crippen molar-refractivity contribution in [2.45, 2.75) is 24.9 Å². The first-order valence-corrected chi connectivity index (χ1v) is 11.6. The van der Waals surface area contributed by atoms with Crippen molar-refractivity contribution < 1.29 is 26.4 Å². The van der Waals surface area contributed by atoms with E-state index in [0.29, 0.717) is 11.3 Å². The van der Waals surface area contributed by atoms with Crippen LogP contribution in [0, 0.1) is 13.8 Å². The molecular formula is C24H22F3N3O3S. The number of benzene rings is 3. The van der Waals surface area contributed by atoms with Crippen molar-refractivity contribution >= 4 is 27.8 Å². The molecule has 0 saturated carbocycles. The fourth-order valence-corrected chi connectivity index (χ4v) is 4.82.